The van der Waals surface area contributed by atoms with Crippen LogP contribution in [0, 0.1) is 0 Å². The molecule has 0 atom stereocenters. The minimum Gasteiger partial charge on any atom is -0.486 e. The van der Waals surface area contributed by atoms with Crippen LogP contribution in [-0.2, 0) is 17.8 Å². The molecule has 26 heavy (non-hydrogen) atoms. The van der Waals surface area contributed by atoms with E-state index in [1.165, 1.54) is 11.3 Å². The molecule has 1 aliphatic heterocycles. The third kappa shape index (κ3) is 3.57. The molecule has 0 saturated heterocycles. The monoisotopic (exact) mass is 370 g/mol. The molecule has 134 valence electrons. The van der Waals surface area contributed by atoms with Gasteiger partial charge in [0.15, 0.2) is 22.3 Å². The summed E-state index contributed by atoms with van der Waals surface area (Å²) in [5.74, 6) is 2.22. The van der Waals surface area contributed by atoms with E-state index in [4.69, 9.17) is 13.9 Å². The molecule has 4 rings (SSSR count). The maximum atomic E-state index is 12.5. The fourth-order valence-electron chi connectivity index (χ4n) is 2.74. The molecule has 0 N–H and O–H groups in total. The van der Waals surface area contributed by atoms with E-state index in [9.17, 15) is 4.79 Å². The number of benzene rings is 1. The van der Waals surface area contributed by atoms with Crippen molar-refractivity contribution >= 4 is 17.2 Å². The van der Waals surface area contributed by atoms with Gasteiger partial charge in [-0.3, -0.25) is 4.79 Å². The Hall–Kier alpha value is -2.80. The van der Waals surface area contributed by atoms with Crippen molar-refractivity contribution in [1.82, 2.24) is 9.88 Å². The molecule has 0 unspecified atom stereocenters. The second-order valence-corrected chi connectivity index (χ2v) is 6.88. The Morgan fingerprint density at radius 3 is 2.88 bits per heavy atom. The minimum absolute atomic E-state index is 0.0104. The molecule has 0 saturated carbocycles. The summed E-state index contributed by atoms with van der Waals surface area (Å²) < 4.78 is 16.5. The molecule has 0 aliphatic carbocycles. The average molecular weight is 370 g/mol. The van der Waals surface area contributed by atoms with E-state index < -0.39 is 0 Å². The van der Waals surface area contributed by atoms with E-state index in [1.807, 2.05) is 35.7 Å². The summed E-state index contributed by atoms with van der Waals surface area (Å²) in [4.78, 5) is 18.7. The van der Waals surface area contributed by atoms with Crippen LogP contribution >= 0.6 is 11.3 Å². The van der Waals surface area contributed by atoms with Crippen molar-refractivity contribution in [2.24, 2.45) is 0 Å². The molecule has 7 heteroatoms. The lowest BCUT2D eigenvalue weighted by molar-refractivity contribution is -0.129. The smallest absolute Gasteiger partial charge is 0.228 e. The molecule has 0 radical (unpaired) electrons. The van der Waals surface area contributed by atoms with Crippen molar-refractivity contribution in [3.8, 4) is 22.3 Å². The highest BCUT2D eigenvalue weighted by Gasteiger charge is 2.16. The molecule has 6 nitrogen and oxygen atoms in total. The molecule has 0 spiro atoms. The number of furan rings is 1. The lowest BCUT2D eigenvalue weighted by Crippen LogP contribution is -2.28. The number of carbonyl (C=O) groups is 1. The van der Waals surface area contributed by atoms with Crippen molar-refractivity contribution in [3.63, 3.8) is 0 Å². The van der Waals surface area contributed by atoms with Crippen LogP contribution < -0.4 is 9.47 Å². The second kappa shape index (κ2) is 7.21. The average Bonchev–Trinajstić information content (AvgIpc) is 3.33. The number of carbonyl (C=O) groups excluding carboxylic acids is 1. The van der Waals surface area contributed by atoms with Gasteiger partial charge in [-0.2, -0.15) is 0 Å². The number of nitrogens with zero attached hydrogens (tertiary/aromatic N) is 2. The fraction of sp³-hybridized carbons (Fsp3) is 0.263. The predicted molar refractivity (Wildman–Crippen MR) is 97.4 cm³/mol. The predicted octanol–water partition coefficient (Wildman–Crippen LogP) is 3.38. The SMILES string of the molecule is CN(Cc1ccc2c(c1)OCCO2)C(=O)Cc1csc(-c2ccco2)n1. The summed E-state index contributed by atoms with van der Waals surface area (Å²) in [5.41, 5.74) is 1.75. The first-order valence-corrected chi connectivity index (χ1v) is 9.18. The van der Waals surface area contributed by atoms with Gasteiger partial charge in [0.2, 0.25) is 5.91 Å². The van der Waals surface area contributed by atoms with E-state index in [2.05, 4.69) is 4.98 Å². The molecule has 1 aromatic carbocycles. The first-order chi connectivity index (χ1) is 12.7. The van der Waals surface area contributed by atoms with E-state index in [0.717, 1.165) is 33.5 Å². The zero-order chi connectivity index (χ0) is 17.9. The highest BCUT2D eigenvalue weighted by Crippen LogP contribution is 2.31. The third-order valence-electron chi connectivity index (χ3n) is 4.07. The maximum absolute atomic E-state index is 12.5. The molecule has 2 aromatic heterocycles. The fourth-order valence-corrected chi connectivity index (χ4v) is 3.53. The summed E-state index contributed by atoms with van der Waals surface area (Å²) in [7, 11) is 1.79. The summed E-state index contributed by atoms with van der Waals surface area (Å²) in [6.07, 6.45) is 1.88. The number of fused-ring (bicyclic) bond motifs is 1. The molecule has 0 fully saturated rings. The second-order valence-electron chi connectivity index (χ2n) is 6.03. The molecule has 1 amide bonds. The summed E-state index contributed by atoms with van der Waals surface area (Å²) in [6.45, 7) is 1.62. The quantitative estimate of drug-likeness (QED) is 0.689. The normalized spacial score (nSPS) is 12.8. The van der Waals surface area contributed by atoms with Gasteiger partial charge in [0, 0.05) is 19.0 Å². The zero-order valence-electron chi connectivity index (χ0n) is 14.3. The van der Waals surface area contributed by atoms with Gasteiger partial charge in [0.1, 0.15) is 13.2 Å². The van der Waals surface area contributed by atoms with Gasteiger partial charge in [-0.15, -0.1) is 11.3 Å². The molecule has 3 heterocycles. The highest BCUT2D eigenvalue weighted by atomic mass is 32.1. The third-order valence-corrected chi connectivity index (χ3v) is 4.97. The van der Waals surface area contributed by atoms with Crippen molar-refractivity contribution in [3.05, 3.63) is 53.2 Å². The van der Waals surface area contributed by atoms with Gasteiger partial charge in [-0.1, -0.05) is 6.07 Å². The number of hydrogen-bond acceptors (Lipinski definition) is 6. The Bertz CT molecular complexity index is 904. The maximum Gasteiger partial charge on any atom is 0.228 e. The molecule has 0 bridgehead atoms. The van der Waals surface area contributed by atoms with Crippen LogP contribution in [0.15, 0.2) is 46.4 Å². The van der Waals surface area contributed by atoms with Gasteiger partial charge in [-0.05, 0) is 29.8 Å². The Kier molecular flexibility index (Phi) is 4.62. The Morgan fingerprint density at radius 1 is 1.23 bits per heavy atom. The highest BCUT2D eigenvalue weighted by molar-refractivity contribution is 7.13. The number of amides is 1. The van der Waals surface area contributed by atoms with Crippen LogP contribution in [0.1, 0.15) is 11.3 Å². The van der Waals surface area contributed by atoms with Crippen LogP contribution in [0.25, 0.3) is 10.8 Å². The number of aromatic nitrogens is 1. The van der Waals surface area contributed by atoms with E-state index >= 15 is 0 Å². The summed E-state index contributed by atoms with van der Waals surface area (Å²) in [6, 6.07) is 9.45. The molecular weight excluding hydrogens is 352 g/mol. The lowest BCUT2D eigenvalue weighted by atomic mass is 10.1. The first-order valence-electron chi connectivity index (χ1n) is 8.30. The van der Waals surface area contributed by atoms with Gasteiger partial charge in [0.05, 0.1) is 18.4 Å². The number of thiazole rings is 1. The van der Waals surface area contributed by atoms with Crippen molar-refractivity contribution in [2.45, 2.75) is 13.0 Å². The van der Waals surface area contributed by atoms with E-state index in [1.54, 1.807) is 18.2 Å². The van der Waals surface area contributed by atoms with Crippen LogP contribution in [0.3, 0.4) is 0 Å². The van der Waals surface area contributed by atoms with Gasteiger partial charge in [0.25, 0.3) is 0 Å². The van der Waals surface area contributed by atoms with Crippen LogP contribution in [-0.4, -0.2) is 36.1 Å². The van der Waals surface area contributed by atoms with E-state index in [0.29, 0.717) is 19.8 Å². The number of ether oxygens (including phenoxy) is 2. The summed E-state index contributed by atoms with van der Waals surface area (Å²) >= 11 is 1.47. The number of rotatable bonds is 5. The molecular formula is C19H18N2O4S. The lowest BCUT2D eigenvalue weighted by Gasteiger charge is -2.21. The zero-order valence-corrected chi connectivity index (χ0v) is 15.1. The van der Waals surface area contributed by atoms with Crippen molar-refractivity contribution in [2.75, 3.05) is 20.3 Å². The van der Waals surface area contributed by atoms with Crippen molar-refractivity contribution < 1.29 is 18.7 Å². The van der Waals surface area contributed by atoms with E-state index in [-0.39, 0.29) is 12.3 Å². The van der Waals surface area contributed by atoms with Gasteiger partial charge in [-0.25, -0.2) is 4.98 Å². The topological polar surface area (TPSA) is 64.8 Å². The van der Waals surface area contributed by atoms with Crippen LogP contribution in [0.4, 0.5) is 0 Å². The number of likely N-dealkylation sites (N-methyl/N-ethyl adjacent to an activating group) is 1. The minimum atomic E-state index is 0.0104. The molecule has 3 aromatic rings. The van der Waals surface area contributed by atoms with Gasteiger partial charge >= 0.3 is 0 Å². The Morgan fingerprint density at radius 2 is 2.08 bits per heavy atom. The Balaban J connectivity index is 1.39. The van der Waals surface area contributed by atoms with Gasteiger partial charge < -0.3 is 18.8 Å². The first kappa shape index (κ1) is 16.7. The summed E-state index contributed by atoms with van der Waals surface area (Å²) in [5, 5.41) is 2.68. The molecule has 1 aliphatic rings. The number of hydrogen-bond donors (Lipinski definition) is 0. The van der Waals surface area contributed by atoms with Crippen LogP contribution in [0.5, 0.6) is 11.5 Å². The largest absolute Gasteiger partial charge is 0.486 e. The standard InChI is InChI=1S/C19H18N2O4S/c1-21(11-13-4-5-15-17(9-13)25-8-7-24-15)18(22)10-14-12-26-19(20-14)16-3-2-6-23-16/h2-6,9,12H,7-8,10-11H2,1H3. The van der Waals surface area contributed by atoms with Crippen LogP contribution in [0.2, 0.25) is 0 Å². The Labute approximate surface area is 155 Å². The van der Waals surface area contributed by atoms with Crippen molar-refractivity contribution in [1.29, 1.82) is 0 Å².